The van der Waals surface area contributed by atoms with Gasteiger partial charge in [-0.25, -0.2) is 4.39 Å². The molecule has 2 amide bonds. The normalized spacial score (nSPS) is 17.7. The molecule has 0 aromatic heterocycles. The lowest BCUT2D eigenvalue weighted by molar-refractivity contribution is -0.122. The molecule has 2 N–H and O–H groups in total. The number of halogens is 1. The molecule has 9 heteroatoms. The van der Waals surface area contributed by atoms with Gasteiger partial charge in [0.1, 0.15) is 16.8 Å². The van der Waals surface area contributed by atoms with Crippen molar-refractivity contribution < 1.29 is 18.7 Å². The molecule has 1 atom stereocenters. The first-order valence-corrected chi connectivity index (χ1v) is 10.2. The maximum Gasteiger partial charge on any atom is 0.240 e. The van der Waals surface area contributed by atoms with E-state index in [0.717, 1.165) is 23.1 Å². The number of carbonyl (C=O) groups is 2. The fourth-order valence-corrected chi connectivity index (χ4v) is 3.56. The fourth-order valence-electron chi connectivity index (χ4n) is 2.64. The van der Waals surface area contributed by atoms with Crippen LogP contribution >= 0.6 is 11.8 Å². The number of anilines is 1. The number of nitrogens with zero attached hydrogens (tertiary/aromatic N) is 2. The quantitative estimate of drug-likeness (QED) is 0.521. The lowest BCUT2D eigenvalue weighted by Gasteiger charge is -2.08. The van der Waals surface area contributed by atoms with Gasteiger partial charge in [0.2, 0.25) is 11.8 Å². The molecule has 0 aliphatic carbocycles. The number of hydrogen-bond donors (Lipinski definition) is 2. The molecule has 3 rings (SSSR count). The highest BCUT2D eigenvalue weighted by atomic mass is 32.2. The molecule has 1 aliphatic rings. The summed E-state index contributed by atoms with van der Waals surface area (Å²) in [5, 5.41) is 13.2. The number of amidine groups is 1. The second-order valence-corrected chi connectivity index (χ2v) is 7.59. The number of hydrogen-bond acceptors (Lipinski definition) is 6. The van der Waals surface area contributed by atoms with Gasteiger partial charge in [0.15, 0.2) is 5.17 Å². The van der Waals surface area contributed by atoms with Gasteiger partial charge in [0.05, 0.1) is 12.3 Å². The second kappa shape index (κ2) is 10.0. The standard InChI is InChI=1S/C21H21FN4O3S/c1-3-29-17-10-8-16(9-11-17)23-19(27)12-18-20(28)24-21(30-18)26-25-13(2)14-4-6-15(22)7-5-14/h4-11,18H,3,12H2,1-2H3,(H,23,27)(H,24,26,28)/b25-13-/t18-/m0/s1. The molecule has 0 unspecified atom stereocenters. The Hall–Kier alpha value is -3.20. The Bertz CT molecular complexity index is 975. The average molecular weight is 428 g/mol. The van der Waals surface area contributed by atoms with Crippen LogP contribution in [0.15, 0.2) is 58.7 Å². The predicted molar refractivity (Wildman–Crippen MR) is 116 cm³/mol. The first-order chi connectivity index (χ1) is 14.4. The first kappa shape index (κ1) is 21.5. The minimum atomic E-state index is -0.590. The maximum absolute atomic E-state index is 13.0. The zero-order chi connectivity index (χ0) is 21.5. The Balaban J connectivity index is 1.55. The molecule has 2 aromatic carbocycles. The van der Waals surface area contributed by atoms with Crippen LogP contribution in [0.3, 0.4) is 0 Å². The van der Waals surface area contributed by atoms with Crippen LogP contribution in [0.5, 0.6) is 5.75 Å². The summed E-state index contributed by atoms with van der Waals surface area (Å²) in [5.41, 5.74) is 1.93. The molecule has 1 heterocycles. The predicted octanol–water partition coefficient (Wildman–Crippen LogP) is 3.56. The second-order valence-electron chi connectivity index (χ2n) is 6.40. The first-order valence-electron chi connectivity index (χ1n) is 9.33. The number of amides is 2. The minimum absolute atomic E-state index is 0.00336. The molecule has 0 spiro atoms. The van der Waals surface area contributed by atoms with Crippen molar-refractivity contribution in [3.05, 3.63) is 59.9 Å². The van der Waals surface area contributed by atoms with Crippen LogP contribution in [-0.2, 0) is 9.59 Å². The Labute approximate surface area is 177 Å². The topological polar surface area (TPSA) is 92.2 Å². The van der Waals surface area contributed by atoms with E-state index in [-0.39, 0.29) is 24.1 Å². The van der Waals surface area contributed by atoms with Gasteiger partial charge >= 0.3 is 0 Å². The van der Waals surface area contributed by atoms with E-state index in [1.807, 2.05) is 6.92 Å². The van der Waals surface area contributed by atoms with E-state index in [4.69, 9.17) is 4.74 Å². The molecule has 1 fully saturated rings. The van der Waals surface area contributed by atoms with E-state index in [9.17, 15) is 14.0 Å². The summed E-state index contributed by atoms with van der Waals surface area (Å²) in [6.07, 6.45) is 0.00336. The van der Waals surface area contributed by atoms with Crippen molar-refractivity contribution in [1.82, 2.24) is 5.32 Å². The molecule has 0 saturated carbocycles. The highest BCUT2D eigenvalue weighted by Gasteiger charge is 2.32. The fraction of sp³-hybridized carbons (Fsp3) is 0.238. The van der Waals surface area contributed by atoms with Gasteiger partial charge < -0.3 is 15.4 Å². The van der Waals surface area contributed by atoms with E-state index in [1.165, 1.54) is 12.1 Å². The van der Waals surface area contributed by atoms with Crippen LogP contribution in [0, 0.1) is 5.82 Å². The molecule has 0 radical (unpaired) electrons. The van der Waals surface area contributed by atoms with Crippen LogP contribution in [0.25, 0.3) is 0 Å². The summed E-state index contributed by atoms with van der Waals surface area (Å²) in [5.74, 6) is -0.185. The number of benzene rings is 2. The van der Waals surface area contributed by atoms with Gasteiger partial charge in [-0.3, -0.25) is 9.59 Å². The Morgan fingerprint density at radius 1 is 1.20 bits per heavy atom. The lowest BCUT2D eigenvalue weighted by Crippen LogP contribution is -2.28. The highest BCUT2D eigenvalue weighted by molar-refractivity contribution is 8.15. The van der Waals surface area contributed by atoms with Gasteiger partial charge in [-0.05, 0) is 55.8 Å². The summed E-state index contributed by atoms with van der Waals surface area (Å²) in [7, 11) is 0. The molecule has 2 aromatic rings. The smallest absolute Gasteiger partial charge is 0.240 e. The third-order valence-corrected chi connectivity index (χ3v) is 5.22. The van der Waals surface area contributed by atoms with E-state index < -0.39 is 5.25 Å². The summed E-state index contributed by atoms with van der Waals surface area (Å²) < 4.78 is 18.4. The summed E-state index contributed by atoms with van der Waals surface area (Å²) in [6, 6.07) is 12.9. The Morgan fingerprint density at radius 2 is 1.90 bits per heavy atom. The van der Waals surface area contributed by atoms with Crippen LogP contribution in [0.2, 0.25) is 0 Å². The average Bonchev–Trinajstić information content (AvgIpc) is 3.07. The molecule has 30 heavy (non-hydrogen) atoms. The zero-order valence-electron chi connectivity index (χ0n) is 16.5. The zero-order valence-corrected chi connectivity index (χ0v) is 17.3. The number of carbonyl (C=O) groups excluding carboxylic acids is 2. The molecule has 156 valence electrons. The van der Waals surface area contributed by atoms with Crippen LogP contribution in [0.1, 0.15) is 25.8 Å². The summed E-state index contributed by atoms with van der Waals surface area (Å²) >= 11 is 1.15. The molecular formula is C21H21FN4O3S. The number of nitrogens with one attached hydrogen (secondary N) is 2. The largest absolute Gasteiger partial charge is 0.494 e. The Kier molecular flexibility index (Phi) is 7.18. The third-order valence-electron chi connectivity index (χ3n) is 4.15. The van der Waals surface area contributed by atoms with Crippen LogP contribution in [-0.4, -0.2) is 34.6 Å². The summed E-state index contributed by atoms with van der Waals surface area (Å²) in [6.45, 7) is 4.20. The van der Waals surface area contributed by atoms with Gasteiger partial charge in [0, 0.05) is 12.1 Å². The third kappa shape index (κ3) is 5.90. The number of rotatable bonds is 7. The van der Waals surface area contributed by atoms with Crippen LogP contribution in [0.4, 0.5) is 10.1 Å². The van der Waals surface area contributed by atoms with E-state index >= 15 is 0 Å². The van der Waals surface area contributed by atoms with Gasteiger partial charge in [-0.1, -0.05) is 23.9 Å². The lowest BCUT2D eigenvalue weighted by atomic mass is 10.1. The molecule has 1 aliphatic heterocycles. The van der Waals surface area contributed by atoms with Crippen molar-refractivity contribution in [2.45, 2.75) is 25.5 Å². The molecule has 1 saturated heterocycles. The SMILES string of the molecule is CCOc1ccc(NC(=O)C[C@@H]2S/C(=N/N=C(/C)c3ccc(F)cc3)NC2=O)cc1. The van der Waals surface area contributed by atoms with E-state index in [2.05, 4.69) is 20.8 Å². The van der Waals surface area contributed by atoms with Gasteiger partial charge in [-0.2, -0.15) is 5.10 Å². The van der Waals surface area contributed by atoms with Gasteiger partial charge in [0.25, 0.3) is 0 Å². The number of ether oxygens (including phenoxy) is 1. The van der Waals surface area contributed by atoms with Crippen molar-refractivity contribution >= 4 is 40.1 Å². The van der Waals surface area contributed by atoms with E-state index in [1.54, 1.807) is 43.3 Å². The summed E-state index contributed by atoms with van der Waals surface area (Å²) in [4.78, 5) is 24.4. The Morgan fingerprint density at radius 3 is 2.57 bits per heavy atom. The highest BCUT2D eigenvalue weighted by Crippen LogP contribution is 2.23. The van der Waals surface area contributed by atoms with E-state index in [0.29, 0.717) is 23.2 Å². The van der Waals surface area contributed by atoms with Gasteiger partial charge in [-0.15, -0.1) is 5.10 Å². The van der Waals surface area contributed by atoms with Crippen molar-refractivity contribution in [1.29, 1.82) is 0 Å². The minimum Gasteiger partial charge on any atom is -0.494 e. The molecule has 0 bridgehead atoms. The molecule has 7 nitrogen and oxygen atoms in total. The van der Waals surface area contributed by atoms with Crippen molar-refractivity contribution in [2.24, 2.45) is 10.2 Å². The van der Waals surface area contributed by atoms with Crippen molar-refractivity contribution in [2.75, 3.05) is 11.9 Å². The van der Waals surface area contributed by atoms with Crippen LogP contribution < -0.4 is 15.4 Å². The van der Waals surface area contributed by atoms with Crippen molar-refractivity contribution in [3.8, 4) is 5.75 Å². The number of thioether (sulfide) groups is 1. The maximum atomic E-state index is 13.0. The van der Waals surface area contributed by atoms with Crippen molar-refractivity contribution in [3.63, 3.8) is 0 Å². The molecular weight excluding hydrogens is 407 g/mol. The monoisotopic (exact) mass is 428 g/mol.